The van der Waals surface area contributed by atoms with Gasteiger partial charge in [-0.2, -0.15) is 5.53 Å². The third-order valence-electron chi connectivity index (χ3n) is 5.17. The number of nitrogens with two attached hydrogens (primary N) is 3. The van der Waals surface area contributed by atoms with Crippen LogP contribution in [0.3, 0.4) is 0 Å². The van der Waals surface area contributed by atoms with E-state index in [0.717, 1.165) is 0 Å². The SMILES string of the molecule is NNNCCN(CC[C@H](N)C(=O)O)C[C@H]1O[C@@H](n2cnc3c(N)ncnc32)[C@H](O)[C@@H]1O. The molecular formula is C16H28N10O5. The summed E-state index contributed by atoms with van der Waals surface area (Å²) in [5, 5.41) is 30.2. The van der Waals surface area contributed by atoms with Gasteiger partial charge in [-0.1, -0.05) is 0 Å². The van der Waals surface area contributed by atoms with Crippen molar-refractivity contribution in [2.45, 2.75) is 37.0 Å². The van der Waals surface area contributed by atoms with Gasteiger partial charge in [0.25, 0.3) is 0 Å². The number of hydrazine groups is 2. The highest BCUT2D eigenvalue weighted by Crippen LogP contribution is 2.32. The summed E-state index contributed by atoms with van der Waals surface area (Å²) in [7, 11) is 0. The number of nitrogen functional groups attached to an aromatic ring is 1. The number of fused-ring (bicyclic) bond motifs is 1. The van der Waals surface area contributed by atoms with Gasteiger partial charge in [-0.15, -0.1) is 0 Å². The largest absolute Gasteiger partial charge is 0.480 e. The molecule has 1 aliphatic heterocycles. The molecule has 172 valence electrons. The molecule has 1 saturated heterocycles. The van der Waals surface area contributed by atoms with Crippen molar-refractivity contribution < 1.29 is 24.9 Å². The molecule has 0 aromatic carbocycles. The van der Waals surface area contributed by atoms with Gasteiger partial charge < -0.3 is 31.5 Å². The molecule has 5 atom stereocenters. The molecule has 3 heterocycles. The lowest BCUT2D eigenvalue weighted by Crippen LogP contribution is -2.47. The number of rotatable bonds is 11. The summed E-state index contributed by atoms with van der Waals surface area (Å²) in [6.45, 7) is 1.46. The molecule has 1 aliphatic rings. The lowest BCUT2D eigenvalue weighted by Gasteiger charge is -2.27. The average molecular weight is 440 g/mol. The Morgan fingerprint density at radius 1 is 1.29 bits per heavy atom. The first kappa shape index (κ1) is 23.2. The van der Waals surface area contributed by atoms with Crippen molar-refractivity contribution in [3.63, 3.8) is 0 Å². The van der Waals surface area contributed by atoms with Crippen molar-refractivity contribution in [2.75, 3.05) is 31.9 Å². The van der Waals surface area contributed by atoms with Gasteiger partial charge in [0.05, 0.1) is 6.33 Å². The first-order chi connectivity index (χ1) is 14.8. The minimum atomic E-state index is -1.24. The topological polar surface area (TPSA) is 236 Å². The zero-order chi connectivity index (χ0) is 22.5. The first-order valence-electron chi connectivity index (χ1n) is 9.67. The summed E-state index contributed by atoms with van der Waals surface area (Å²) in [6, 6.07) is -1.02. The van der Waals surface area contributed by atoms with Crippen molar-refractivity contribution in [1.29, 1.82) is 0 Å². The molecule has 15 heteroatoms. The van der Waals surface area contributed by atoms with E-state index in [0.29, 0.717) is 30.8 Å². The maximum Gasteiger partial charge on any atom is 0.320 e. The van der Waals surface area contributed by atoms with Crippen LogP contribution in [0.4, 0.5) is 5.82 Å². The lowest BCUT2D eigenvalue weighted by atomic mass is 10.1. The van der Waals surface area contributed by atoms with Gasteiger partial charge in [0.1, 0.15) is 36.2 Å². The molecule has 2 aromatic rings. The second-order valence-corrected chi connectivity index (χ2v) is 7.23. The van der Waals surface area contributed by atoms with Crippen LogP contribution in [-0.4, -0.2) is 96.2 Å². The molecule has 1 fully saturated rings. The number of aliphatic carboxylic acids is 1. The average Bonchev–Trinajstić information content (AvgIpc) is 3.29. The zero-order valence-corrected chi connectivity index (χ0v) is 16.7. The van der Waals surface area contributed by atoms with Crippen molar-refractivity contribution in [3.05, 3.63) is 12.7 Å². The summed E-state index contributed by atoms with van der Waals surface area (Å²) in [4.78, 5) is 25.0. The number of carboxylic acids is 1. The van der Waals surface area contributed by atoms with E-state index in [1.807, 2.05) is 4.90 Å². The Balaban J connectivity index is 1.71. The number of nitrogens with one attached hydrogen (secondary N) is 2. The number of ether oxygens (including phenoxy) is 1. The monoisotopic (exact) mass is 440 g/mol. The second-order valence-electron chi connectivity index (χ2n) is 7.23. The Hall–Kier alpha value is -2.50. The number of nitrogens with zero attached hydrogens (tertiary/aromatic N) is 5. The lowest BCUT2D eigenvalue weighted by molar-refractivity contribution is -0.138. The summed E-state index contributed by atoms with van der Waals surface area (Å²) in [5.74, 6) is 4.30. The molecule has 0 spiro atoms. The molecule has 0 radical (unpaired) electrons. The Labute approximate surface area is 177 Å². The Morgan fingerprint density at radius 3 is 2.77 bits per heavy atom. The highest BCUT2D eigenvalue weighted by Gasteiger charge is 2.44. The second kappa shape index (κ2) is 10.2. The van der Waals surface area contributed by atoms with Gasteiger partial charge in [-0.25, -0.2) is 20.4 Å². The van der Waals surface area contributed by atoms with Gasteiger partial charge in [0.15, 0.2) is 17.7 Å². The van der Waals surface area contributed by atoms with Crippen LogP contribution in [0.2, 0.25) is 0 Å². The van der Waals surface area contributed by atoms with Crippen LogP contribution in [0.25, 0.3) is 11.2 Å². The van der Waals surface area contributed by atoms with E-state index in [1.54, 1.807) is 0 Å². The third-order valence-corrected chi connectivity index (χ3v) is 5.17. The van der Waals surface area contributed by atoms with Crippen LogP contribution in [-0.2, 0) is 9.53 Å². The molecule has 0 unspecified atom stereocenters. The van der Waals surface area contributed by atoms with E-state index in [1.165, 1.54) is 17.2 Å². The Bertz CT molecular complexity index is 882. The molecule has 0 aliphatic carbocycles. The number of carboxylic acid groups (broad SMARTS) is 1. The molecule has 0 amide bonds. The minimum Gasteiger partial charge on any atom is -0.480 e. The van der Waals surface area contributed by atoms with E-state index in [9.17, 15) is 15.0 Å². The van der Waals surface area contributed by atoms with Crippen molar-refractivity contribution in [2.24, 2.45) is 11.6 Å². The van der Waals surface area contributed by atoms with E-state index in [4.69, 9.17) is 27.2 Å². The molecule has 2 aromatic heterocycles. The Morgan fingerprint density at radius 2 is 2.06 bits per heavy atom. The van der Waals surface area contributed by atoms with Crippen LogP contribution < -0.4 is 28.3 Å². The van der Waals surface area contributed by atoms with Crippen molar-refractivity contribution >= 4 is 23.0 Å². The van der Waals surface area contributed by atoms with Gasteiger partial charge in [-0.3, -0.25) is 20.1 Å². The van der Waals surface area contributed by atoms with E-state index in [2.05, 4.69) is 25.9 Å². The first-order valence-corrected chi connectivity index (χ1v) is 9.67. The smallest absolute Gasteiger partial charge is 0.320 e. The number of imidazole rings is 1. The van der Waals surface area contributed by atoms with Gasteiger partial charge in [0, 0.05) is 26.2 Å². The van der Waals surface area contributed by atoms with Crippen LogP contribution in [0.1, 0.15) is 12.6 Å². The number of aliphatic hydroxyl groups excluding tert-OH is 2. The predicted octanol–water partition coefficient (Wildman–Crippen LogP) is -3.90. The van der Waals surface area contributed by atoms with Crippen molar-refractivity contribution in [1.82, 2.24) is 35.4 Å². The fraction of sp³-hybridized carbons (Fsp3) is 0.625. The summed E-state index contributed by atoms with van der Waals surface area (Å²) in [6.07, 6.45) is -1.25. The molecule has 3 rings (SSSR count). The fourth-order valence-corrected chi connectivity index (χ4v) is 3.45. The molecule has 15 nitrogen and oxygen atoms in total. The number of hydrogen-bond donors (Lipinski definition) is 8. The quantitative estimate of drug-likeness (QED) is 0.0947. The fourth-order valence-electron chi connectivity index (χ4n) is 3.45. The highest BCUT2D eigenvalue weighted by atomic mass is 16.6. The number of carbonyl (C=O) groups is 1. The van der Waals surface area contributed by atoms with Gasteiger partial charge >= 0.3 is 5.97 Å². The van der Waals surface area contributed by atoms with Crippen LogP contribution in [0.15, 0.2) is 12.7 Å². The standard InChI is InChI=1S/C16H28N10O5/c17-8(16(29)30)1-3-25(4-2-23-24-19)5-9-11(27)12(28)15(31-9)26-7-22-10-13(18)20-6-21-14(10)26/h6-9,11-12,15,23-24,27-28H,1-5,17,19H2,(H,29,30)(H2,18,20,21)/t8-,9+,11+,12+,15+/m0/s1. The maximum atomic E-state index is 11.0. The van der Waals surface area contributed by atoms with Crippen LogP contribution in [0.5, 0.6) is 0 Å². The van der Waals surface area contributed by atoms with E-state index >= 15 is 0 Å². The van der Waals surface area contributed by atoms with Crippen molar-refractivity contribution in [3.8, 4) is 0 Å². The van der Waals surface area contributed by atoms with Crippen LogP contribution >= 0.6 is 0 Å². The minimum absolute atomic E-state index is 0.190. The predicted molar refractivity (Wildman–Crippen MR) is 108 cm³/mol. The summed E-state index contributed by atoms with van der Waals surface area (Å²) in [5.41, 5.74) is 17.2. The highest BCUT2D eigenvalue weighted by molar-refractivity contribution is 5.81. The molecule has 11 N–H and O–H groups in total. The number of aromatic nitrogens is 4. The third kappa shape index (κ3) is 5.23. The summed E-state index contributed by atoms with van der Waals surface area (Å²) >= 11 is 0. The Kier molecular flexibility index (Phi) is 7.63. The molecule has 31 heavy (non-hydrogen) atoms. The molecule has 0 saturated carbocycles. The maximum absolute atomic E-state index is 11.0. The van der Waals surface area contributed by atoms with E-state index in [-0.39, 0.29) is 18.8 Å². The molecule has 0 bridgehead atoms. The number of hydrogen-bond acceptors (Lipinski definition) is 13. The van der Waals surface area contributed by atoms with Gasteiger partial charge in [-0.05, 0) is 6.42 Å². The van der Waals surface area contributed by atoms with Gasteiger partial charge in [0.2, 0.25) is 0 Å². The zero-order valence-electron chi connectivity index (χ0n) is 16.7. The number of anilines is 1. The normalized spacial score (nSPS) is 24.8. The summed E-state index contributed by atoms with van der Waals surface area (Å²) < 4.78 is 7.43. The van der Waals surface area contributed by atoms with Crippen LogP contribution in [0, 0.1) is 0 Å². The molecular weight excluding hydrogens is 412 g/mol. The number of aliphatic hydroxyl groups is 2. The van der Waals surface area contributed by atoms with E-state index < -0.39 is 36.6 Å².